The zero-order valence-electron chi connectivity index (χ0n) is 11.6. The lowest BCUT2D eigenvalue weighted by Gasteiger charge is -2.15. The maximum Gasteiger partial charge on any atom is 0.422 e. The van der Waals surface area contributed by atoms with Crippen molar-refractivity contribution in [1.82, 2.24) is 0 Å². The second kappa shape index (κ2) is 6.95. The largest absolute Gasteiger partial charge is 0.482 e. The second-order valence-electron chi connectivity index (χ2n) is 4.93. The SMILES string of the molecule is O=C(C[C@H]1CCCO1)Nc1ccc(F)cc1OCC(F)(F)F. The molecule has 8 heteroatoms. The molecule has 0 spiro atoms. The highest BCUT2D eigenvalue weighted by Crippen LogP contribution is 2.28. The summed E-state index contributed by atoms with van der Waals surface area (Å²) in [5.41, 5.74) is -0.00588. The van der Waals surface area contributed by atoms with Gasteiger partial charge in [-0.25, -0.2) is 4.39 Å². The molecule has 1 aromatic carbocycles. The molecule has 1 saturated heterocycles. The van der Waals surface area contributed by atoms with Crippen molar-refractivity contribution < 1.29 is 31.8 Å². The first-order valence-corrected chi connectivity index (χ1v) is 6.74. The van der Waals surface area contributed by atoms with E-state index in [-0.39, 0.29) is 24.0 Å². The summed E-state index contributed by atoms with van der Waals surface area (Å²) in [7, 11) is 0. The Morgan fingerprint density at radius 2 is 2.18 bits per heavy atom. The van der Waals surface area contributed by atoms with Gasteiger partial charge >= 0.3 is 6.18 Å². The van der Waals surface area contributed by atoms with Gasteiger partial charge in [0.15, 0.2) is 6.61 Å². The highest BCUT2D eigenvalue weighted by molar-refractivity contribution is 5.92. The molecule has 0 aromatic heterocycles. The Kier molecular flexibility index (Phi) is 5.23. The molecule has 1 aliphatic heterocycles. The number of carbonyl (C=O) groups excluding carboxylic acids is 1. The molecule has 0 unspecified atom stereocenters. The number of amides is 1. The number of rotatable bonds is 5. The van der Waals surface area contributed by atoms with Gasteiger partial charge in [-0.1, -0.05) is 0 Å². The maximum absolute atomic E-state index is 13.1. The Hall–Kier alpha value is -1.83. The molecule has 0 aliphatic carbocycles. The highest BCUT2D eigenvalue weighted by atomic mass is 19.4. The predicted molar refractivity (Wildman–Crippen MR) is 70.2 cm³/mol. The van der Waals surface area contributed by atoms with E-state index in [2.05, 4.69) is 10.1 Å². The number of benzene rings is 1. The van der Waals surface area contributed by atoms with E-state index < -0.39 is 24.5 Å². The summed E-state index contributed by atoms with van der Waals surface area (Å²) in [5.74, 6) is -1.54. The van der Waals surface area contributed by atoms with Gasteiger partial charge in [-0.3, -0.25) is 4.79 Å². The molecule has 2 rings (SSSR count). The average molecular weight is 321 g/mol. The van der Waals surface area contributed by atoms with Crippen LogP contribution in [0.25, 0.3) is 0 Å². The van der Waals surface area contributed by atoms with Crippen LogP contribution in [0, 0.1) is 5.82 Å². The van der Waals surface area contributed by atoms with Crippen molar-refractivity contribution in [2.45, 2.75) is 31.5 Å². The normalized spacial score (nSPS) is 18.3. The lowest BCUT2D eigenvalue weighted by atomic mass is 10.1. The topological polar surface area (TPSA) is 47.6 Å². The number of carbonyl (C=O) groups is 1. The zero-order valence-corrected chi connectivity index (χ0v) is 11.6. The number of anilines is 1. The van der Waals surface area contributed by atoms with Crippen molar-refractivity contribution in [2.75, 3.05) is 18.5 Å². The van der Waals surface area contributed by atoms with Gasteiger partial charge in [-0.15, -0.1) is 0 Å². The summed E-state index contributed by atoms with van der Waals surface area (Å²) in [5, 5.41) is 2.42. The quantitative estimate of drug-likeness (QED) is 0.847. The third-order valence-electron chi connectivity index (χ3n) is 3.05. The van der Waals surface area contributed by atoms with Crippen molar-refractivity contribution in [3.8, 4) is 5.75 Å². The first kappa shape index (κ1) is 16.5. The van der Waals surface area contributed by atoms with Crippen LogP contribution in [-0.2, 0) is 9.53 Å². The molecule has 1 aromatic rings. The number of alkyl halides is 3. The summed E-state index contributed by atoms with van der Waals surface area (Å²) in [4.78, 5) is 11.8. The number of nitrogens with one attached hydrogen (secondary N) is 1. The van der Waals surface area contributed by atoms with Gasteiger partial charge in [0.1, 0.15) is 11.6 Å². The summed E-state index contributed by atoms with van der Waals surface area (Å²) < 4.78 is 59.5. The predicted octanol–water partition coefficient (Wildman–Crippen LogP) is 3.27. The monoisotopic (exact) mass is 321 g/mol. The van der Waals surface area contributed by atoms with Crippen LogP contribution in [0.1, 0.15) is 19.3 Å². The molecule has 1 fully saturated rings. The van der Waals surface area contributed by atoms with Gasteiger partial charge in [0.05, 0.1) is 18.2 Å². The van der Waals surface area contributed by atoms with E-state index in [4.69, 9.17) is 4.74 Å². The first-order valence-electron chi connectivity index (χ1n) is 6.74. The molecule has 1 N–H and O–H groups in total. The molecule has 0 saturated carbocycles. The molecular weight excluding hydrogens is 306 g/mol. The molecule has 4 nitrogen and oxygen atoms in total. The van der Waals surface area contributed by atoms with E-state index in [0.29, 0.717) is 6.61 Å². The fourth-order valence-electron chi connectivity index (χ4n) is 2.09. The van der Waals surface area contributed by atoms with Crippen LogP contribution in [-0.4, -0.2) is 31.4 Å². The van der Waals surface area contributed by atoms with E-state index in [1.807, 2.05) is 0 Å². The minimum Gasteiger partial charge on any atom is -0.482 e. The van der Waals surface area contributed by atoms with Crippen molar-refractivity contribution in [3.05, 3.63) is 24.0 Å². The van der Waals surface area contributed by atoms with E-state index in [1.54, 1.807) is 0 Å². The summed E-state index contributed by atoms with van der Waals surface area (Å²) in [6.45, 7) is -0.973. The molecular formula is C14H15F4NO3. The first-order chi connectivity index (χ1) is 10.3. The summed E-state index contributed by atoms with van der Waals surface area (Å²) in [6, 6.07) is 2.99. The van der Waals surface area contributed by atoms with Gasteiger partial charge in [0.2, 0.25) is 5.91 Å². The molecule has 1 atom stereocenters. The summed E-state index contributed by atoms with van der Waals surface area (Å²) >= 11 is 0. The Labute approximate surface area is 124 Å². The van der Waals surface area contributed by atoms with Crippen LogP contribution in [0.4, 0.5) is 23.2 Å². The Bertz CT molecular complexity index is 527. The number of halogens is 4. The Balaban J connectivity index is 2.00. The van der Waals surface area contributed by atoms with Crippen LogP contribution in [0.2, 0.25) is 0 Å². The standard InChI is InChI=1S/C14H15F4NO3/c15-9-3-4-11(12(6-9)22-8-14(16,17)18)19-13(20)7-10-2-1-5-21-10/h3-4,6,10H,1-2,5,7-8H2,(H,19,20)/t10-/m1/s1. The average Bonchev–Trinajstić information content (AvgIpc) is 2.91. The second-order valence-corrected chi connectivity index (χ2v) is 4.93. The van der Waals surface area contributed by atoms with Crippen molar-refractivity contribution >= 4 is 11.6 Å². The fourth-order valence-corrected chi connectivity index (χ4v) is 2.09. The van der Waals surface area contributed by atoms with Crippen LogP contribution in [0.5, 0.6) is 5.75 Å². The van der Waals surface area contributed by atoms with Gasteiger partial charge in [0.25, 0.3) is 0 Å². The number of hydrogen-bond donors (Lipinski definition) is 1. The maximum atomic E-state index is 13.1. The van der Waals surface area contributed by atoms with Crippen LogP contribution >= 0.6 is 0 Å². The molecule has 1 aliphatic rings. The Morgan fingerprint density at radius 3 is 2.82 bits per heavy atom. The molecule has 0 bridgehead atoms. The minimum absolute atomic E-state index is 0.00588. The third kappa shape index (κ3) is 5.18. The lowest BCUT2D eigenvalue weighted by Crippen LogP contribution is -2.22. The van der Waals surface area contributed by atoms with Crippen LogP contribution < -0.4 is 10.1 Å². The van der Waals surface area contributed by atoms with E-state index >= 15 is 0 Å². The molecule has 22 heavy (non-hydrogen) atoms. The van der Waals surface area contributed by atoms with Crippen LogP contribution in [0.15, 0.2) is 18.2 Å². The fraction of sp³-hybridized carbons (Fsp3) is 0.500. The van der Waals surface area contributed by atoms with E-state index in [1.165, 1.54) is 0 Å². The van der Waals surface area contributed by atoms with E-state index in [0.717, 1.165) is 31.0 Å². The van der Waals surface area contributed by atoms with Gasteiger partial charge in [-0.05, 0) is 25.0 Å². The van der Waals surface area contributed by atoms with Crippen LogP contribution in [0.3, 0.4) is 0 Å². The van der Waals surface area contributed by atoms with Crippen molar-refractivity contribution in [1.29, 1.82) is 0 Å². The minimum atomic E-state index is -4.55. The van der Waals surface area contributed by atoms with E-state index in [9.17, 15) is 22.4 Å². The van der Waals surface area contributed by atoms with Gasteiger partial charge in [0, 0.05) is 12.7 Å². The molecule has 122 valence electrons. The van der Waals surface area contributed by atoms with Crippen molar-refractivity contribution in [2.24, 2.45) is 0 Å². The smallest absolute Gasteiger partial charge is 0.422 e. The zero-order chi connectivity index (χ0) is 16.2. The van der Waals surface area contributed by atoms with Gasteiger partial charge < -0.3 is 14.8 Å². The highest BCUT2D eigenvalue weighted by Gasteiger charge is 2.29. The number of ether oxygens (including phenoxy) is 2. The number of hydrogen-bond acceptors (Lipinski definition) is 3. The lowest BCUT2D eigenvalue weighted by molar-refractivity contribution is -0.153. The molecule has 1 amide bonds. The Morgan fingerprint density at radius 1 is 1.41 bits per heavy atom. The molecule has 1 heterocycles. The molecule has 0 radical (unpaired) electrons. The van der Waals surface area contributed by atoms with Crippen molar-refractivity contribution in [3.63, 3.8) is 0 Å². The third-order valence-corrected chi connectivity index (χ3v) is 3.05. The van der Waals surface area contributed by atoms with Gasteiger partial charge in [-0.2, -0.15) is 13.2 Å². The summed E-state index contributed by atoms with van der Waals surface area (Å²) in [6.07, 6.45) is -3.02.